The number of hydrogen-bond acceptors (Lipinski definition) is 5. The third kappa shape index (κ3) is 5.18. The van der Waals surface area contributed by atoms with Gasteiger partial charge in [-0.1, -0.05) is 41.4 Å². The molecule has 0 fully saturated rings. The van der Waals surface area contributed by atoms with Crippen LogP contribution in [0.15, 0.2) is 42.6 Å². The summed E-state index contributed by atoms with van der Waals surface area (Å²) in [6.07, 6.45) is 1.37. The normalized spacial score (nSPS) is 9.96. The van der Waals surface area contributed by atoms with Gasteiger partial charge in [0, 0.05) is 18.4 Å². The summed E-state index contributed by atoms with van der Waals surface area (Å²) in [6.45, 7) is -0.273. The molecule has 0 aliphatic heterocycles. The Balaban J connectivity index is 2.04. The predicted octanol–water partition coefficient (Wildman–Crippen LogP) is 3.49. The lowest BCUT2D eigenvalue weighted by molar-refractivity contribution is -0.121. The van der Waals surface area contributed by atoms with Crippen molar-refractivity contribution in [3.05, 3.63) is 58.3 Å². The number of anilines is 1. The number of amides is 1. The number of nitriles is 1. The topological polar surface area (TPSA) is 83.3 Å². The number of para-hydroxylation sites is 1. The summed E-state index contributed by atoms with van der Waals surface area (Å²) >= 11 is 11.5. The number of carbonyl (C=O) groups is 2. The van der Waals surface area contributed by atoms with Gasteiger partial charge < -0.3 is 9.64 Å². The maximum atomic E-state index is 12.4. The minimum Gasteiger partial charge on any atom is -0.452 e. The highest BCUT2D eigenvalue weighted by atomic mass is 35.5. The van der Waals surface area contributed by atoms with E-state index >= 15 is 0 Å². The highest BCUT2D eigenvalue weighted by molar-refractivity contribution is 6.41. The highest BCUT2D eigenvalue weighted by Gasteiger charge is 2.18. The van der Waals surface area contributed by atoms with E-state index in [4.69, 9.17) is 33.2 Å². The molecule has 1 aromatic carbocycles. The lowest BCUT2D eigenvalue weighted by atomic mass is 10.2. The number of aromatic nitrogens is 1. The molecular weight excluding hydrogens is 365 g/mol. The molecule has 0 unspecified atom stereocenters. The second-order valence-electron chi connectivity index (χ2n) is 4.86. The van der Waals surface area contributed by atoms with Crippen molar-refractivity contribution in [3.63, 3.8) is 0 Å². The molecule has 1 aromatic heterocycles. The molecule has 0 aliphatic carbocycles. The van der Waals surface area contributed by atoms with Crippen LogP contribution >= 0.6 is 23.2 Å². The SMILES string of the molecule is N#CCCN(C(=O)COC(=O)c1cnc(Cl)c(Cl)c1)c1ccccc1. The Labute approximate surface area is 154 Å². The third-order valence-electron chi connectivity index (χ3n) is 3.17. The fraction of sp³-hybridized carbons (Fsp3) is 0.176. The van der Waals surface area contributed by atoms with Gasteiger partial charge in [-0.3, -0.25) is 4.79 Å². The summed E-state index contributed by atoms with van der Waals surface area (Å²) < 4.78 is 5.01. The summed E-state index contributed by atoms with van der Waals surface area (Å²) in [6, 6.07) is 12.1. The van der Waals surface area contributed by atoms with Gasteiger partial charge in [-0.2, -0.15) is 5.26 Å². The van der Waals surface area contributed by atoms with Gasteiger partial charge in [0.25, 0.3) is 5.91 Å². The van der Waals surface area contributed by atoms with Crippen molar-refractivity contribution in [2.24, 2.45) is 0 Å². The van der Waals surface area contributed by atoms with Crippen molar-refractivity contribution in [1.82, 2.24) is 4.98 Å². The number of halogens is 2. The molecule has 0 saturated carbocycles. The van der Waals surface area contributed by atoms with E-state index in [2.05, 4.69) is 4.98 Å². The van der Waals surface area contributed by atoms with Crippen LogP contribution in [-0.2, 0) is 9.53 Å². The fourth-order valence-electron chi connectivity index (χ4n) is 1.99. The van der Waals surface area contributed by atoms with Crippen LogP contribution in [0.5, 0.6) is 0 Å². The van der Waals surface area contributed by atoms with Crippen LogP contribution in [0.3, 0.4) is 0 Å². The van der Waals surface area contributed by atoms with E-state index in [9.17, 15) is 9.59 Å². The Morgan fingerprint density at radius 1 is 1.24 bits per heavy atom. The zero-order valence-electron chi connectivity index (χ0n) is 13.0. The zero-order chi connectivity index (χ0) is 18.2. The van der Waals surface area contributed by atoms with Crippen LogP contribution in [-0.4, -0.2) is 30.0 Å². The lowest BCUT2D eigenvalue weighted by Crippen LogP contribution is -2.35. The number of hydrogen-bond donors (Lipinski definition) is 0. The van der Waals surface area contributed by atoms with Crippen molar-refractivity contribution < 1.29 is 14.3 Å². The molecule has 2 rings (SSSR count). The molecule has 0 N–H and O–H groups in total. The minimum absolute atomic E-state index is 0.0704. The number of benzene rings is 1. The molecule has 1 amide bonds. The molecular formula is C17H13Cl2N3O3. The molecule has 8 heteroatoms. The summed E-state index contributed by atoms with van der Waals surface area (Å²) in [4.78, 5) is 29.5. The Morgan fingerprint density at radius 3 is 2.60 bits per heavy atom. The third-order valence-corrected chi connectivity index (χ3v) is 3.86. The van der Waals surface area contributed by atoms with E-state index in [-0.39, 0.29) is 28.7 Å². The summed E-state index contributed by atoms with van der Waals surface area (Å²) in [7, 11) is 0. The first-order valence-corrected chi connectivity index (χ1v) is 7.99. The second kappa shape index (κ2) is 9.02. The maximum absolute atomic E-state index is 12.4. The van der Waals surface area contributed by atoms with Gasteiger partial charge in [0.2, 0.25) is 0 Å². The number of nitrogens with zero attached hydrogens (tertiary/aromatic N) is 3. The van der Waals surface area contributed by atoms with E-state index in [1.54, 1.807) is 24.3 Å². The van der Waals surface area contributed by atoms with Crippen LogP contribution in [0.25, 0.3) is 0 Å². The Bertz CT molecular complexity index is 807. The van der Waals surface area contributed by atoms with Crippen molar-refractivity contribution in [2.45, 2.75) is 6.42 Å². The first-order chi connectivity index (χ1) is 12.0. The quantitative estimate of drug-likeness (QED) is 0.568. The molecule has 2 aromatic rings. The van der Waals surface area contributed by atoms with Crippen LogP contribution in [0.4, 0.5) is 5.69 Å². The van der Waals surface area contributed by atoms with Gasteiger partial charge in [0.1, 0.15) is 5.15 Å². The van der Waals surface area contributed by atoms with E-state index in [1.807, 2.05) is 12.1 Å². The highest BCUT2D eigenvalue weighted by Crippen LogP contribution is 2.20. The average molecular weight is 378 g/mol. The van der Waals surface area contributed by atoms with Crippen molar-refractivity contribution >= 4 is 40.8 Å². The molecule has 0 atom stereocenters. The van der Waals surface area contributed by atoms with E-state index < -0.39 is 18.5 Å². The van der Waals surface area contributed by atoms with Gasteiger partial charge in [0.15, 0.2) is 6.61 Å². The van der Waals surface area contributed by atoms with Crippen molar-refractivity contribution in [1.29, 1.82) is 5.26 Å². The molecule has 6 nitrogen and oxygen atoms in total. The van der Waals surface area contributed by atoms with Gasteiger partial charge in [0.05, 0.1) is 23.1 Å². The summed E-state index contributed by atoms with van der Waals surface area (Å²) in [5, 5.41) is 8.94. The Kier molecular flexibility index (Phi) is 6.75. The Morgan fingerprint density at radius 2 is 1.96 bits per heavy atom. The molecule has 0 spiro atoms. The summed E-state index contributed by atoms with van der Waals surface area (Å²) in [5.74, 6) is -1.18. The molecule has 0 radical (unpaired) electrons. The van der Waals surface area contributed by atoms with Gasteiger partial charge >= 0.3 is 5.97 Å². The maximum Gasteiger partial charge on any atom is 0.340 e. The molecule has 25 heavy (non-hydrogen) atoms. The van der Waals surface area contributed by atoms with Crippen LogP contribution in [0, 0.1) is 11.3 Å². The number of rotatable bonds is 6. The molecule has 128 valence electrons. The largest absolute Gasteiger partial charge is 0.452 e. The number of carbonyl (C=O) groups excluding carboxylic acids is 2. The van der Waals surface area contributed by atoms with E-state index in [0.717, 1.165) is 0 Å². The molecule has 0 saturated heterocycles. The van der Waals surface area contributed by atoms with Gasteiger partial charge in [-0.15, -0.1) is 0 Å². The van der Waals surface area contributed by atoms with Crippen LogP contribution < -0.4 is 4.90 Å². The van der Waals surface area contributed by atoms with E-state index in [1.165, 1.54) is 17.2 Å². The molecule has 1 heterocycles. The van der Waals surface area contributed by atoms with E-state index in [0.29, 0.717) is 5.69 Å². The van der Waals surface area contributed by atoms with Crippen molar-refractivity contribution in [2.75, 3.05) is 18.1 Å². The van der Waals surface area contributed by atoms with Gasteiger partial charge in [-0.05, 0) is 18.2 Å². The number of ether oxygens (including phenoxy) is 1. The first-order valence-electron chi connectivity index (χ1n) is 7.23. The van der Waals surface area contributed by atoms with Crippen LogP contribution in [0.2, 0.25) is 10.2 Å². The number of pyridine rings is 1. The minimum atomic E-state index is -0.743. The van der Waals surface area contributed by atoms with Crippen molar-refractivity contribution in [3.8, 4) is 6.07 Å². The first kappa shape index (κ1) is 18.7. The zero-order valence-corrected chi connectivity index (χ0v) is 14.5. The monoisotopic (exact) mass is 377 g/mol. The average Bonchev–Trinajstić information content (AvgIpc) is 2.63. The fourth-order valence-corrected chi connectivity index (χ4v) is 2.26. The molecule has 0 aliphatic rings. The summed E-state index contributed by atoms with van der Waals surface area (Å²) in [5.41, 5.74) is 0.709. The number of esters is 1. The lowest BCUT2D eigenvalue weighted by Gasteiger charge is -2.21. The predicted molar refractivity (Wildman–Crippen MR) is 93.6 cm³/mol. The Hall–Kier alpha value is -2.62. The van der Waals surface area contributed by atoms with Crippen LogP contribution in [0.1, 0.15) is 16.8 Å². The standard InChI is InChI=1S/C17H13Cl2N3O3/c18-14-9-12(10-21-16(14)19)17(24)25-11-15(23)22(8-4-7-20)13-5-2-1-3-6-13/h1-3,5-6,9-10H,4,8,11H2. The van der Waals surface area contributed by atoms with Gasteiger partial charge in [-0.25, -0.2) is 9.78 Å². The smallest absolute Gasteiger partial charge is 0.340 e. The second-order valence-corrected chi connectivity index (χ2v) is 5.63. The molecule has 0 bridgehead atoms.